The minimum atomic E-state index is -0.386. The van der Waals surface area contributed by atoms with Crippen molar-refractivity contribution in [2.75, 3.05) is 6.61 Å². The zero-order valence-electron chi connectivity index (χ0n) is 11.2. The van der Waals surface area contributed by atoms with E-state index in [0.29, 0.717) is 6.61 Å². The van der Waals surface area contributed by atoms with Crippen molar-refractivity contribution < 1.29 is 18.5 Å². The van der Waals surface area contributed by atoms with Gasteiger partial charge in [-0.1, -0.05) is 31.0 Å². The monoisotopic (exact) mass is 294 g/mol. The Morgan fingerprint density at radius 3 is 2.65 bits per heavy atom. The van der Waals surface area contributed by atoms with Gasteiger partial charge in [0.05, 0.1) is 18.9 Å². The molecule has 0 aromatic heterocycles. The fraction of sp³-hybridized carbons (Fsp3) is 0.467. The molecule has 1 aliphatic heterocycles. The summed E-state index contributed by atoms with van der Waals surface area (Å²) in [6, 6.07) is 9.95. The Morgan fingerprint density at radius 1 is 1.15 bits per heavy atom. The van der Waals surface area contributed by atoms with Gasteiger partial charge in [-0.3, -0.25) is 9.59 Å². The molecule has 1 atom stereocenters. The molecule has 0 radical (unpaired) electrons. The number of carbonyl (C=O) groups excluding carboxylic acids is 2. The van der Waals surface area contributed by atoms with E-state index in [2.05, 4.69) is 4.74 Å². The first-order chi connectivity index (χ1) is 9.75. The van der Waals surface area contributed by atoms with Crippen LogP contribution in [0.5, 0.6) is 0 Å². The summed E-state index contributed by atoms with van der Waals surface area (Å²) in [5.74, 6) is -0.962. The molecule has 4 nitrogen and oxygen atoms in total. The van der Waals surface area contributed by atoms with Gasteiger partial charge >= 0.3 is 11.9 Å². The van der Waals surface area contributed by atoms with E-state index < -0.39 is 0 Å². The van der Waals surface area contributed by atoms with E-state index in [1.165, 1.54) is 12.0 Å². The van der Waals surface area contributed by atoms with E-state index in [-0.39, 0.29) is 24.3 Å². The summed E-state index contributed by atoms with van der Waals surface area (Å²) in [5, 5.41) is 0. The molecule has 108 valence electrons. The Morgan fingerprint density at radius 2 is 1.95 bits per heavy atom. The second-order valence-electron chi connectivity index (χ2n) is 4.76. The average molecular weight is 294 g/mol. The second-order valence-corrected chi connectivity index (χ2v) is 5.64. The van der Waals surface area contributed by atoms with Crippen LogP contribution < -0.4 is 0 Å². The number of hydrogen-bond acceptors (Lipinski definition) is 5. The quantitative estimate of drug-likeness (QED) is 0.318. The zero-order valence-corrected chi connectivity index (χ0v) is 12.1. The second kappa shape index (κ2) is 8.07. The van der Waals surface area contributed by atoms with Crippen molar-refractivity contribution in [1.29, 1.82) is 0 Å². The summed E-state index contributed by atoms with van der Waals surface area (Å²) in [6.45, 7) is 0.688. The van der Waals surface area contributed by atoms with Crippen LogP contribution in [0.15, 0.2) is 35.2 Å². The lowest BCUT2D eigenvalue weighted by molar-refractivity contribution is -0.153. The molecule has 1 unspecified atom stereocenters. The Hall–Kier alpha value is -1.33. The maximum atomic E-state index is 11.2. The van der Waals surface area contributed by atoms with E-state index in [0.717, 1.165) is 30.6 Å². The number of unbranched alkanes of at least 4 members (excludes halogenated alkanes) is 2. The number of ether oxygens (including phenoxy) is 1. The predicted octanol–water partition coefficient (Wildman–Crippen LogP) is 3.36. The molecule has 0 amide bonds. The number of carbonyl (C=O) groups is 2. The normalized spacial score (nSPS) is 18.3. The molecule has 1 aromatic carbocycles. The van der Waals surface area contributed by atoms with E-state index in [1.807, 2.05) is 30.3 Å². The maximum Gasteiger partial charge on any atom is 0.317 e. The van der Waals surface area contributed by atoms with Crippen molar-refractivity contribution in [2.45, 2.75) is 37.0 Å². The van der Waals surface area contributed by atoms with E-state index in [9.17, 15) is 9.59 Å². The smallest absolute Gasteiger partial charge is 0.317 e. The highest BCUT2D eigenvalue weighted by atomic mass is 32.2. The van der Waals surface area contributed by atoms with Gasteiger partial charge in [-0.2, -0.15) is 0 Å². The first kappa shape index (κ1) is 15.1. The van der Waals surface area contributed by atoms with Gasteiger partial charge in [-0.25, -0.2) is 0 Å². The number of rotatable bonds is 8. The number of benzene rings is 1. The first-order valence-electron chi connectivity index (χ1n) is 6.85. The lowest BCUT2D eigenvalue weighted by Crippen LogP contribution is -2.07. The molecule has 1 aliphatic rings. The van der Waals surface area contributed by atoms with Crippen molar-refractivity contribution in [3.63, 3.8) is 0 Å². The molecule has 1 aromatic rings. The summed E-state index contributed by atoms with van der Waals surface area (Å²) < 4.78 is 10.0. The van der Waals surface area contributed by atoms with Crippen LogP contribution in [0.25, 0.3) is 0 Å². The number of esters is 2. The molecule has 2 rings (SSSR count). The molecule has 0 N–H and O–H groups in total. The topological polar surface area (TPSA) is 52.6 Å². The van der Waals surface area contributed by atoms with E-state index in [1.54, 1.807) is 0 Å². The van der Waals surface area contributed by atoms with Crippen LogP contribution >= 0.6 is 12.0 Å². The maximum absolute atomic E-state index is 11.2. The zero-order chi connectivity index (χ0) is 14.2. The Bertz CT molecular complexity index is 446. The minimum Gasteiger partial charge on any atom is -0.393 e. The van der Waals surface area contributed by atoms with E-state index >= 15 is 0 Å². The highest BCUT2D eigenvalue weighted by molar-refractivity contribution is 7.94. The van der Waals surface area contributed by atoms with Crippen LogP contribution in [0, 0.1) is 5.92 Å². The minimum absolute atomic E-state index is 0.220. The standard InChI is InChI=1S/C15H18O4S/c16-14-11-12(15(17)19-14)7-3-2-6-10-18-20-13-8-4-1-5-9-13/h1,4-5,8-9,12H,2-3,6-7,10-11H2. The van der Waals surface area contributed by atoms with Gasteiger partial charge in [0.15, 0.2) is 0 Å². The van der Waals surface area contributed by atoms with Crippen molar-refractivity contribution in [3.8, 4) is 0 Å². The predicted molar refractivity (Wildman–Crippen MR) is 75.9 cm³/mol. The largest absolute Gasteiger partial charge is 0.393 e. The highest BCUT2D eigenvalue weighted by Gasteiger charge is 2.32. The molecule has 0 saturated carbocycles. The summed E-state index contributed by atoms with van der Waals surface area (Å²) in [5.41, 5.74) is 0. The third-order valence-electron chi connectivity index (χ3n) is 3.14. The Kier molecular flexibility index (Phi) is 6.08. The van der Waals surface area contributed by atoms with Gasteiger partial charge < -0.3 is 8.92 Å². The SMILES string of the molecule is O=C1CC(CCCCCOSc2ccccc2)C(=O)O1. The van der Waals surface area contributed by atoms with Crippen molar-refractivity contribution in [3.05, 3.63) is 30.3 Å². The number of hydrogen-bond donors (Lipinski definition) is 0. The van der Waals surface area contributed by atoms with Crippen molar-refractivity contribution >= 4 is 24.0 Å². The summed E-state index contributed by atoms with van der Waals surface area (Å²) >= 11 is 1.39. The Balaban J connectivity index is 1.48. The van der Waals surface area contributed by atoms with Gasteiger partial charge in [0.25, 0.3) is 0 Å². The third kappa shape index (κ3) is 4.98. The Labute approximate surface area is 123 Å². The fourth-order valence-electron chi connectivity index (χ4n) is 2.06. The summed E-state index contributed by atoms with van der Waals surface area (Å²) in [7, 11) is 0. The molecule has 1 heterocycles. The third-order valence-corrected chi connectivity index (χ3v) is 3.89. The number of cyclic esters (lactones) is 2. The molecule has 0 bridgehead atoms. The molecule has 5 heteroatoms. The molecular formula is C15H18O4S. The van der Waals surface area contributed by atoms with Gasteiger partial charge in [0.2, 0.25) is 0 Å². The van der Waals surface area contributed by atoms with Crippen LogP contribution in [0.4, 0.5) is 0 Å². The molecule has 1 saturated heterocycles. The van der Waals surface area contributed by atoms with Gasteiger partial charge in [0.1, 0.15) is 0 Å². The first-order valence-corrected chi connectivity index (χ1v) is 7.59. The highest BCUT2D eigenvalue weighted by Crippen LogP contribution is 2.22. The molecule has 1 fully saturated rings. The van der Waals surface area contributed by atoms with Crippen LogP contribution in [0.1, 0.15) is 32.1 Å². The molecule has 0 aliphatic carbocycles. The summed E-state index contributed by atoms with van der Waals surface area (Å²) in [4.78, 5) is 23.2. The lowest BCUT2D eigenvalue weighted by Gasteiger charge is -2.05. The van der Waals surface area contributed by atoms with Crippen molar-refractivity contribution in [1.82, 2.24) is 0 Å². The van der Waals surface area contributed by atoms with Crippen LogP contribution in [0.2, 0.25) is 0 Å². The average Bonchev–Trinajstić information content (AvgIpc) is 2.77. The van der Waals surface area contributed by atoms with Crippen LogP contribution in [-0.2, 0) is 18.5 Å². The van der Waals surface area contributed by atoms with Crippen LogP contribution in [-0.4, -0.2) is 18.5 Å². The van der Waals surface area contributed by atoms with Gasteiger partial charge in [0, 0.05) is 16.9 Å². The molecule has 0 spiro atoms. The van der Waals surface area contributed by atoms with Crippen molar-refractivity contribution in [2.24, 2.45) is 5.92 Å². The molecule has 20 heavy (non-hydrogen) atoms. The van der Waals surface area contributed by atoms with Crippen LogP contribution in [0.3, 0.4) is 0 Å². The lowest BCUT2D eigenvalue weighted by atomic mass is 10.00. The fourth-order valence-corrected chi connectivity index (χ4v) is 2.66. The summed E-state index contributed by atoms with van der Waals surface area (Å²) in [6.07, 6.45) is 3.85. The molecular weight excluding hydrogens is 276 g/mol. The van der Waals surface area contributed by atoms with E-state index in [4.69, 9.17) is 4.18 Å². The van der Waals surface area contributed by atoms with Gasteiger partial charge in [-0.05, 0) is 25.0 Å². The van der Waals surface area contributed by atoms with Gasteiger partial charge in [-0.15, -0.1) is 0 Å².